The van der Waals surface area contributed by atoms with Crippen molar-refractivity contribution in [2.24, 2.45) is 0 Å². The highest BCUT2D eigenvalue weighted by atomic mass is 35.5. The first kappa shape index (κ1) is 21.8. The lowest BCUT2D eigenvalue weighted by Gasteiger charge is -2.29. The van der Waals surface area contributed by atoms with Crippen molar-refractivity contribution >= 4 is 28.4 Å². The number of ether oxygens (including phenoxy) is 2. The number of sulfonamides is 1. The zero-order valence-corrected chi connectivity index (χ0v) is 15.6. The van der Waals surface area contributed by atoms with Crippen molar-refractivity contribution in [1.29, 1.82) is 0 Å². The minimum atomic E-state index is -4.10. The molecular formula is C15H22ClFN2O5S. The van der Waals surface area contributed by atoms with Gasteiger partial charge < -0.3 is 14.8 Å². The van der Waals surface area contributed by atoms with Gasteiger partial charge in [0, 0.05) is 13.7 Å². The summed E-state index contributed by atoms with van der Waals surface area (Å²) in [5.41, 5.74) is -0.729. The molecule has 2 rings (SSSR count). The Morgan fingerprint density at radius 3 is 2.68 bits per heavy atom. The number of rotatable bonds is 7. The molecular weight excluding hydrogens is 375 g/mol. The summed E-state index contributed by atoms with van der Waals surface area (Å²) in [6, 6.07) is 2.91. The van der Waals surface area contributed by atoms with Crippen LogP contribution in [-0.4, -0.2) is 53.8 Å². The van der Waals surface area contributed by atoms with Crippen LogP contribution in [0.3, 0.4) is 0 Å². The number of nitrogens with one attached hydrogen (secondary N) is 2. The van der Waals surface area contributed by atoms with Gasteiger partial charge >= 0.3 is 5.97 Å². The molecule has 7 nitrogen and oxygen atoms in total. The molecule has 25 heavy (non-hydrogen) atoms. The van der Waals surface area contributed by atoms with Crippen molar-refractivity contribution in [3.63, 3.8) is 0 Å². The fourth-order valence-corrected chi connectivity index (χ4v) is 4.11. The minimum absolute atomic E-state index is 0. The number of halogens is 2. The normalized spacial score (nSPS) is 20.1. The molecule has 1 saturated heterocycles. The van der Waals surface area contributed by atoms with Gasteiger partial charge in [-0.2, -0.15) is 0 Å². The zero-order valence-electron chi connectivity index (χ0n) is 14.0. The summed E-state index contributed by atoms with van der Waals surface area (Å²) in [4.78, 5) is 11.3. The molecule has 0 amide bonds. The first-order chi connectivity index (χ1) is 11.3. The Balaban J connectivity index is 0.00000312. The van der Waals surface area contributed by atoms with Crippen LogP contribution >= 0.6 is 12.4 Å². The lowest BCUT2D eigenvalue weighted by atomic mass is 9.99. The number of hydrogen-bond donors (Lipinski definition) is 2. The maximum absolute atomic E-state index is 13.5. The molecule has 1 atom stereocenters. The van der Waals surface area contributed by atoms with Crippen LogP contribution in [0.15, 0.2) is 23.1 Å². The van der Waals surface area contributed by atoms with Crippen LogP contribution in [-0.2, 0) is 19.5 Å². The van der Waals surface area contributed by atoms with E-state index < -0.39 is 32.2 Å². The summed E-state index contributed by atoms with van der Waals surface area (Å²) >= 11 is 0. The molecule has 1 aromatic rings. The van der Waals surface area contributed by atoms with E-state index in [0.29, 0.717) is 6.61 Å². The topological polar surface area (TPSA) is 93.7 Å². The summed E-state index contributed by atoms with van der Waals surface area (Å²) in [7, 11) is -1.43. The van der Waals surface area contributed by atoms with Gasteiger partial charge in [0.2, 0.25) is 10.0 Å². The SMILES string of the molecule is COCC1(CNS(=O)(=O)c2cc(F)ccc2C(=O)OC)CCCN1.Cl. The van der Waals surface area contributed by atoms with Gasteiger partial charge in [0.1, 0.15) is 5.82 Å². The quantitative estimate of drug-likeness (QED) is 0.670. The van der Waals surface area contributed by atoms with Crippen molar-refractivity contribution in [1.82, 2.24) is 10.0 Å². The van der Waals surface area contributed by atoms with Gasteiger partial charge in [-0.3, -0.25) is 0 Å². The molecule has 0 bridgehead atoms. The molecule has 10 heteroatoms. The average Bonchev–Trinajstić information content (AvgIpc) is 3.02. The highest BCUT2D eigenvalue weighted by molar-refractivity contribution is 7.89. The second-order valence-electron chi connectivity index (χ2n) is 5.70. The highest BCUT2D eigenvalue weighted by Gasteiger charge is 2.35. The number of carbonyl (C=O) groups excluding carboxylic acids is 1. The Hall–Kier alpha value is -1.26. The lowest BCUT2D eigenvalue weighted by Crippen LogP contribution is -2.53. The van der Waals surface area contributed by atoms with E-state index in [1.165, 1.54) is 7.11 Å². The third kappa shape index (κ3) is 5.11. The highest BCUT2D eigenvalue weighted by Crippen LogP contribution is 2.22. The van der Waals surface area contributed by atoms with E-state index in [9.17, 15) is 17.6 Å². The summed E-state index contributed by atoms with van der Waals surface area (Å²) in [6.45, 7) is 1.17. The van der Waals surface area contributed by atoms with Gasteiger partial charge in [-0.25, -0.2) is 22.3 Å². The molecule has 1 unspecified atom stereocenters. The Labute approximate surface area is 152 Å². The molecule has 0 aliphatic carbocycles. The largest absolute Gasteiger partial charge is 0.465 e. The fourth-order valence-electron chi connectivity index (χ4n) is 2.78. The Bertz CT molecular complexity index is 708. The van der Waals surface area contributed by atoms with Gasteiger partial charge in [-0.15, -0.1) is 12.4 Å². The molecule has 0 saturated carbocycles. The van der Waals surface area contributed by atoms with E-state index in [1.807, 2.05) is 0 Å². The van der Waals surface area contributed by atoms with Gasteiger partial charge in [0.15, 0.2) is 0 Å². The Kier molecular flexibility index (Phi) is 7.76. The first-order valence-electron chi connectivity index (χ1n) is 7.45. The predicted octanol–water partition coefficient (Wildman–Crippen LogP) is 1.08. The van der Waals surface area contributed by atoms with Crippen molar-refractivity contribution < 1.29 is 27.1 Å². The molecule has 0 aromatic heterocycles. The third-order valence-corrected chi connectivity index (χ3v) is 5.43. The molecule has 1 heterocycles. The molecule has 0 spiro atoms. The second kappa shape index (κ2) is 8.91. The first-order valence-corrected chi connectivity index (χ1v) is 8.93. The molecule has 1 aliphatic rings. The number of esters is 1. The van der Waals surface area contributed by atoms with E-state index in [0.717, 1.165) is 44.7 Å². The van der Waals surface area contributed by atoms with Crippen LogP contribution in [0.4, 0.5) is 4.39 Å². The zero-order chi connectivity index (χ0) is 17.8. The summed E-state index contributed by atoms with van der Waals surface area (Å²) in [6.07, 6.45) is 1.65. The molecule has 1 fully saturated rings. The van der Waals surface area contributed by atoms with Crippen LogP contribution in [0, 0.1) is 5.82 Å². The number of carbonyl (C=O) groups is 1. The van der Waals surface area contributed by atoms with Crippen LogP contribution < -0.4 is 10.0 Å². The lowest BCUT2D eigenvalue weighted by molar-refractivity contribution is 0.0596. The minimum Gasteiger partial charge on any atom is -0.465 e. The monoisotopic (exact) mass is 396 g/mol. The van der Waals surface area contributed by atoms with E-state index in [1.54, 1.807) is 0 Å². The van der Waals surface area contributed by atoms with Gasteiger partial charge in [0.05, 0.1) is 29.7 Å². The van der Waals surface area contributed by atoms with Crippen LogP contribution in [0.1, 0.15) is 23.2 Å². The van der Waals surface area contributed by atoms with Crippen LogP contribution in [0.5, 0.6) is 0 Å². The van der Waals surface area contributed by atoms with E-state index in [-0.39, 0.29) is 24.5 Å². The summed E-state index contributed by atoms with van der Waals surface area (Å²) < 4.78 is 50.8. The average molecular weight is 397 g/mol. The second-order valence-corrected chi connectivity index (χ2v) is 7.44. The van der Waals surface area contributed by atoms with E-state index in [4.69, 9.17) is 4.74 Å². The maximum atomic E-state index is 13.5. The molecule has 1 aromatic carbocycles. The van der Waals surface area contributed by atoms with Crippen LogP contribution in [0.2, 0.25) is 0 Å². The standard InChI is InChI=1S/C15H21FN2O5S.ClH/c1-22-10-15(6-3-7-17-15)9-18-24(20,21)13-8-11(16)4-5-12(13)14(19)23-2;/h4-5,8,17-18H,3,6-7,9-10H2,1-2H3;1H. The number of methoxy groups -OCH3 is 2. The van der Waals surface area contributed by atoms with E-state index in [2.05, 4.69) is 14.8 Å². The number of benzene rings is 1. The predicted molar refractivity (Wildman–Crippen MR) is 92.0 cm³/mol. The fraction of sp³-hybridized carbons (Fsp3) is 0.533. The smallest absolute Gasteiger partial charge is 0.339 e. The van der Waals surface area contributed by atoms with Crippen LogP contribution in [0.25, 0.3) is 0 Å². The van der Waals surface area contributed by atoms with Gasteiger partial charge in [-0.1, -0.05) is 0 Å². The van der Waals surface area contributed by atoms with Crippen molar-refractivity contribution in [2.75, 3.05) is 33.9 Å². The molecule has 1 aliphatic heterocycles. The van der Waals surface area contributed by atoms with Crippen molar-refractivity contribution in [3.05, 3.63) is 29.6 Å². The van der Waals surface area contributed by atoms with Crippen molar-refractivity contribution in [2.45, 2.75) is 23.3 Å². The Morgan fingerprint density at radius 2 is 2.12 bits per heavy atom. The van der Waals surface area contributed by atoms with E-state index >= 15 is 0 Å². The Morgan fingerprint density at radius 1 is 1.40 bits per heavy atom. The maximum Gasteiger partial charge on any atom is 0.339 e. The van der Waals surface area contributed by atoms with Crippen molar-refractivity contribution in [3.8, 4) is 0 Å². The third-order valence-electron chi connectivity index (χ3n) is 3.99. The van der Waals surface area contributed by atoms with Gasteiger partial charge in [0.25, 0.3) is 0 Å². The number of hydrogen-bond acceptors (Lipinski definition) is 6. The van der Waals surface area contributed by atoms with Gasteiger partial charge in [-0.05, 0) is 37.6 Å². The molecule has 2 N–H and O–H groups in total. The summed E-state index contributed by atoms with van der Waals surface area (Å²) in [5, 5.41) is 3.24. The molecule has 142 valence electrons. The molecule has 0 radical (unpaired) electrons. The summed E-state index contributed by atoms with van der Waals surface area (Å²) in [5.74, 6) is -1.60.